The number of halogens is 1. The first-order valence-electron chi connectivity index (χ1n) is 9.38. The average molecular weight is 409 g/mol. The van der Waals surface area contributed by atoms with Crippen LogP contribution in [0.3, 0.4) is 0 Å². The normalized spacial score (nSPS) is 11.2. The maximum atomic E-state index is 13.2. The summed E-state index contributed by atoms with van der Waals surface area (Å²) in [6.45, 7) is 2.16. The van der Waals surface area contributed by atoms with E-state index in [0.717, 1.165) is 5.56 Å². The molecule has 0 radical (unpaired) electrons. The van der Waals surface area contributed by atoms with Crippen LogP contribution in [0.4, 0.5) is 14.9 Å². The number of ether oxygens (including phenoxy) is 1. The molecule has 4 aromatic rings. The summed E-state index contributed by atoms with van der Waals surface area (Å²) in [5.41, 5.74) is 1.47. The number of anilines is 1. The molecule has 4 rings (SSSR count). The maximum Gasteiger partial charge on any atom is 0.414 e. The van der Waals surface area contributed by atoms with Crippen LogP contribution >= 0.6 is 0 Å². The van der Waals surface area contributed by atoms with Crippen molar-refractivity contribution in [3.63, 3.8) is 0 Å². The fourth-order valence-electron chi connectivity index (χ4n) is 3.59. The zero-order valence-corrected chi connectivity index (χ0v) is 16.5. The predicted octanol–water partition coefficient (Wildman–Crippen LogP) is 4.38. The molecule has 0 fully saturated rings. The zero-order chi connectivity index (χ0) is 21.4. The first-order valence-corrected chi connectivity index (χ1v) is 9.38. The van der Waals surface area contributed by atoms with Gasteiger partial charge in [0.25, 0.3) is 0 Å². The van der Waals surface area contributed by atoms with E-state index in [2.05, 4.69) is 4.98 Å². The van der Waals surface area contributed by atoms with Gasteiger partial charge in [0.1, 0.15) is 11.3 Å². The van der Waals surface area contributed by atoms with Gasteiger partial charge in [0.15, 0.2) is 5.75 Å². The maximum absolute atomic E-state index is 13.2. The molecule has 0 aliphatic rings. The quantitative estimate of drug-likeness (QED) is 0.522. The van der Waals surface area contributed by atoms with E-state index in [1.165, 1.54) is 27.8 Å². The molecular formula is C22H20FN3O4. The van der Waals surface area contributed by atoms with E-state index < -0.39 is 6.09 Å². The van der Waals surface area contributed by atoms with Crippen molar-refractivity contribution in [2.75, 3.05) is 18.6 Å². The Bertz CT molecular complexity index is 1250. The Balaban J connectivity index is 1.96. The van der Waals surface area contributed by atoms with Gasteiger partial charge in [-0.05, 0) is 36.8 Å². The summed E-state index contributed by atoms with van der Waals surface area (Å²) in [6.07, 6.45) is 2.60. The number of rotatable bonds is 4. The minimum atomic E-state index is -0.569. The van der Waals surface area contributed by atoms with Gasteiger partial charge in [0.2, 0.25) is 5.88 Å². The third-order valence-electron chi connectivity index (χ3n) is 4.97. The van der Waals surface area contributed by atoms with Gasteiger partial charge in [0.05, 0.1) is 24.2 Å². The highest BCUT2D eigenvalue weighted by Crippen LogP contribution is 2.46. The molecule has 0 aliphatic heterocycles. The monoisotopic (exact) mass is 409 g/mol. The van der Waals surface area contributed by atoms with Crippen LogP contribution in [0.1, 0.15) is 12.5 Å². The number of carbonyl (C=O) groups excluding carboxylic acids is 1. The van der Waals surface area contributed by atoms with Crippen LogP contribution in [0.2, 0.25) is 0 Å². The van der Waals surface area contributed by atoms with E-state index in [1.54, 1.807) is 44.4 Å². The lowest BCUT2D eigenvalue weighted by Crippen LogP contribution is -2.27. The minimum Gasteiger partial charge on any atom is -0.505 e. The first kappa shape index (κ1) is 19.5. The molecule has 0 unspecified atom stereocenters. The van der Waals surface area contributed by atoms with E-state index in [1.807, 2.05) is 0 Å². The summed E-state index contributed by atoms with van der Waals surface area (Å²) in [6, 6.07) is 9.34. The van der Waals surface area contributed by atoms with E-state index >= 15 is 0 Å². The topological polar surface area (TPSA) is 87.8 Å². The molecular weight excluding hydrogens is 389 g/mol. The lowest BCUT2D eigenvalue weighted by molar-refractivity contribution is 0.161. The van der Waals surface area contributed by atoms with Crippen molar-refractivity contribution in [1.29, 1.82) is 0 Å². The highest BCUT2D eigenvalue weighted by atomic mass is 19.1. The number of hydrogen-bond acceptors (Lipinski definition) is 5. The van der Waals surface area contributed by atoms with Crippen molar-refractivity contribution in [1.82, 2.24) is 9.55 Å². The summed E-state index contributed by atoms with van der Waals surface area (Å²) >= 11 is 0. The summed E-state index contributed by atoms with van der Waals surface area (Å²) < 4.78 is 19.9. The SMILES string of the molecule is CCOC(=O)N(C)c1c2cccnc2c(O)c2c(O)n(Cc3ccc(F)cc3)cc12. The van der Waals surface area contributed by atoms with Gasteiger partial charge in [-0.3, -0.25) is 9.88 Å². The molecule has 2 N–H and O–H groups in total. The molecule has 0 atom stereocenters. The molecule has 30 heavy (non-hydrogen) atoms. The minimum absolute atomic E-state index is 0.175. The fourth-order valence-corrected chi connectivity index (χ4v) is 3.59. The number of carbonyl (C=O) groups is 1. The van der Waals surface area contributed by atoms with Crippen LogP contribution in [0.25, 0.3) is 21.7 Å². The van der Waals surface area contributed by atoms with Gasteiger partial charge in [-0.1, -0.05) is 12.1 Å². The number of aromatic hydroxyl groups is 2. The number of phenolic OH excluding ortho intramolecular Hbond substituents is 1. The van der Waals surface area contributed by atoms with Crippen LogP contribution in [0.15, 0.2) is 48.8 Å². The lowest BCUT2D eigenvalue weighted by Gasteiger charge is -2.20. The zero-order valence-electron chi connectivity index (χ0n) is 16.5. The first-order chi connectivity index (χ1) is 14.4. The fraction of sp³-hybridized carbons (Fsp3) is 0.182. The van der Waals surface area contributed by atoms with Crippen LogP contribution in [0.5, 0.6) is 11.6 Å². The third kappa shape index (κ3) is 3.16. The molecule has 0 bridgehead atoms. The van der Waals surface area contributed by atoms with Crippen molar-refractivity contribution in [2.45, 2.75) is 13.5 Å². The number of aromatic nitrogens is 2. The molecule has 2 heterocycles. The standard InChI is InChI=1S/C22H20FN3O4/c1-3-30-22(29)25(2)19-15-5-4-10-24-18(15)20(27)17-16(19)12-26(21(17)28)11-13-6-8-14(23)9-7-13/h4-10,12,27-28H,3,11H2,1-2H3. The summed E-state index contributed by atoms with van der Waals surface area (Å²) in [4.78, 5) is 18.0. The second-order valence-electron chi connectivity index (χ2n) is 6.85. The number of nitrogens with zero attached hydrogens (tertiary/aromatic N) is 3. The Kier molecular flexibility index (Phi) is 4.91. The number of pyridine rings is 1. The Morgan fingerprint density at radius 3 is 2.63 bits per heavy atom. The Labute approximate surface area is 171 Å². The number of amides is 1. The van der Waals surface area contributed by atoms with Crippen LogP contribution in [-0.4, -0.2) is 39.5 Å². The molecule has 2 aromatic heterocycles. The smallest absolute Gasteiger partial charge is 0.414 e. The van der Waals surface area contributed by atoms with Gasteiger partial charge in [0, 0.05) is 30.2 Å². The second-order valence-corrected chi connectivity index (χ2v) is 6.85. The Hall–Kier alpha value is -3.81. The molecule has 7 nitrogen and oxygen atoms in total. The van der Waals surface area contributed by atoms with E-state index in [0.29, 0.717) is 16.5 Å². The number of fused-ring (bicyclic) bond motifs is 2. The van der Waals surface area contributed by atoms with E-state index in [-0.39, 0.29) is 41.5 Å². The average Bonchev–Trinajstić information content (AvgIpc) is 3.06. The molecule has 154 valence electrons. The highest BCUT2D eigenvalue weighted by Gasteiger charge is 2.25. The van der Waals surface area contributed by atoms with Crippen LogP contribution < -0.4 is 4.90 Å². The van der Waals surface area contributed by atoms with Gasteiger partial charge in [-0.15, -0.1) is 0 Å². The highest BCUT2D eigenvalue weighted by molar-refractivity contribution is 6.19. The van der Waals surface area contributed by atoms with E-state index in [4.69, 9.17) is 4.74 Å². The molecule has 0 saturated carbocycles. The van der Waals surface area contributed by atoms with Crippen molar-refractivity contribution in [3.05, 3.63) is 60.2 Å². The van der Waals surface area contributed by atoms with E-state index in [9.17, 15) is 19.4 Å². The molecule has 0 spiro atoms. The number of phenols is 1. The summed E-state index contributed by atoms with van der Waals surface area (Å²) in [5, 5.41) is 22.9. The molecule has 8 heteroatoms. The molecule has 2 aromatic carbocycles. The van der Waals surface area contributed by atoms with Gasteiger partial charge >= 0.3 is 6.09 Å². The van der Waals surface area contributed by atoms with Gasteiger partial charge < -0.3 is 19.5 Å². The number of benzene rings is 2. The van der Waals surface area contributed by atoms with Crippen molar-refractivity contribution in [2.24, 2.45) is 0 Å². The lowest BCUT2D eigenvalue weighted by atomic mass is 10.1. The predicted molar refractivity (Wildman–Crippen MR) is 111 cm³/mol. The van der Waals surface area contributed by atoms with Crippen LogP contribution in [0, 0.1) is 5.82 Å². The van der Waals surface area contributed by atoms with Crippen molar-refractivity contribution in [3.8, 4) is 11.6 Å². The Morgan fingerprint density at radius 1 is 1.20 bits per heavy atom. The van der Waals surface area contributed by atoms with Crippen molar-refractivity contribution >= 4 is 33.5 Å². The van der Waals surface area contributed by atoms with Gasteiger partial charge in [-0.25, -0.2) is 9.18 Å². The molecule has 0 aliphatic carbocycles. The molecule has 1 amide bonds. The summed E-state index contributed by atoms with van der Waals surface area (Å²) in [7, 11) is 1.56. The largest absolute Gasteiger partial charge is 0.505 e. The number of hydrogen-bond donors (Lipinski definition) is 2. The summed E-state index contributed by atoms with van der Waals surface area (Å²) in [5.74, 6) is -0.719. The third-order valence-corrected chi connectivity index (χ3v) is 4.97. The van der Waals surface area contributed by atoms with Crippen molar-refractivity contribution < 1.29 is 24.1 Å². The Morgan fingerprint density at radius 2 is 1.93 bits per heavy atom. The van der Waals surface area contributed by atoms with Gasteiger partial charge in [-0.2, -0.15) is 0 Å². The molecule has 0 saturated heterocycles. The van der Waals surface area contributed by atoms with Crippen LogP contribution in [-0.2, 0) is 11.3 Å². The second kappa shape index (κ2) is 7.55.